The van der Waals surface area contributed by atoms with E-state index in [1.807, 2.05) is 31.3 Å². The van der Waals surface area contributed by atoms with Crippen molar-refractivity contribution in [2.24, 2.45) is 12.8 Å². The second-order valence-electron chi connectivity index (χ2n) is 3.08. The number of nitrogens with two attached hydrogens (primary N) is 1. The van der Waals surface area contributed by atoms with Gasteiger partial charge in [0.25, 0.3) is 0 Å². The van der Waals surface area contributed by atoms with Crippen LogP contribution in [-0.2, 0) is 7.05 Å². The van der Waals surface area contributed by atoms with Gasteiger partial charge in [0.2, 0.25) is 5.88 Å². The van der Waals surface area contributed by atoms with Crippen molar-refractivity contribution in [2.75, 3.05) is 13.2 Å². The standard InChI is InChI=1S/C10H13N3O/c1-13-9-5-3-2-4-8(9)10(12-13)14-7-6-11/h2-5H,6-7,11H2,1H3. The third kappa shape index (κ3) is 1.44. The van der Waals surface area contributed by atoms with Crippen molar-refractivity contribution in [2.45, 2.75) is 0 Å². The van der Waals surface area contributed by atoms with Gasteiger partial charge in [0.05, 0.1) is 10.9 Å². The molecule has 0 atom stereocenters. The van der Waals surface area contributed by atoms with Crippen molar-refractivity contribution < 1.29 is 4.74 Å². The zero-order valence-corrected chi connectivity index (χ0v) is 8.10. The van der Waals surface area contributed by atoms with E-state index in [1.165, 1.54) is 0 Å². The summed E-state index contributed by atoms with van der Waals surface area (Å²) >= 11 is 0. The average Bonchev–Trinajstić information content (AvgIpc) is 2.54. The molecule has 0 amide bonds. The molecule has 4 heteroatoms. The second kappa shape index (κ2) is 3.67. The van der Waals surface area contributed by atoms with Gasteiger partial charge in [-0.2, -0.15) is 0 Å². The molecule has 14 heavy (non-hydrogen) atoms. The summed E-state index contributed by atoms with van der Waals surface area (Å²) in [5, 5.41) is 5.30. The van der Waals surface area contributed by atoms with E-state index in [1.54, 1.807) is 4.68 Å². The van der Waals surface area contributed by atoms with E-state index in [0.29, 0.717) is 19.0 Å². The van der Waals surface area contributed by atoms with Crippen LogP contribution in [0.15, 0.2) is 24.3 Å². The maximum Gasteiger partial charge on any atom is 0.240 e. The Balaban J connectivity index is 2.44. The minimum atomic E-state index is 0.501. The van der Waals surface area contributed by atoms with Crippen molar-refractivity contribution in [3.63, 3.8) is 0 Å². The predicted molar refractivity (Wildman–Crippen MR) is 55.3 cm³/mol. The normalized spacial score (nSPS) is 10.7. The number of hydrogen-bond donors (Lipinski definition) is 1. The minimum Gasteiger partial charge on any atom is -0.475 e. The molecule has 0 saturated heterocycles. The molecule has 74 valence electrons. The Bertz CT molecular complexity index is 436. The lowest BCUT2D eigenvalue weighted by Crippen LogP contribution is -2.11. The number of hydrogen-bond acceptors (Lipinski definition) is 3. The molecule has 1 aromatic carbocycles. The number of fused-ring (bicyclic) bond motifs is 1. The SMILES string of the molecule is Cn1nc(OCCN)c2ccccc21. The van der Waals surface area contributed by atoms with Crippen LogP contribution < -0.4 is 10.5 Å². The van der Waals surface area contributed by atoms with Crippen LogP contribution in [0.1, 0.15) is 0 Å². The number of rotatable bonds is 3. The lowest BCUT2D eigenvalue weighted by atomic mass is 10.2. The molecule has 2 aromatic rings. The van der Waals surface area contributed by atoms with Crippen LogP contribution >= 0.6 is 0 Å². The van der Waals surface area contributed by atoms with Gasteiger partial charge in [-0.3, -0.25) is 4.68 Å². The average molecular weight is 191 g/mol. The van der Waals surface area contributed by atoms with Crippen molar-refractivity contribution in [1.29, 1.82) is 0 Å². The molecule has 1 heterocycles. The molecule has 0 aliphatic carbocycles. The highest BCUT2D eigenvalue weighted by molar-refractivity contribution is 5.84. The minimum absolute atomic E-state index is 0.501. The molecule has 0 spiro atoms. The van der Waals surface area contributed by atoms with Crippen LogP contribution in [0.2, 0.25) is 0 Å². The van der Waals surface area contributed by atoms with Crippen LogP contribution in [0.3, 0.4) is 0 Å². The quantitative estimate of drug-likeness (QED) is 0.784. The predicted octanol–water partition coefficient (Wildman–Crippen LogP) is 0.911. The maximum absolute atomic E-state index is 5.43. The highest BCUT2D eigenvalue weighted by Gasteiger charge is 2.07. The first-order chi connectivity index (χ1) is 6.83. The lowest BCUT2D eigenvalue weighted by Gasteiger charge is -1.98. The second-order valence-corrected chi connectivity index (χ2v) is 3.08. The van der Waals surface area contributed by atoms with E-state index in [9.17, 15) is 0 Å². The molecule has 4 nitrogen and oxygen atoms in total. The third-order valence-corrected chi connectivity index (χ3v) is 2.08. The Morgan fingerprint density at radius 1 is 1.43 bits per heavy atom. The Kier molecular flexibility index (Phi) is 2.37. The topological polar surface area (TPSA) is 53.1 Å². The highest BCUT2D eigenvalue weighted by Crippen LogP contribution is 2.23. The summed E-state index contributed by atoms with van der Waals surface area (Å²) in [5.41, 5.74) is 6.44. The third-order valence-electron chi connectivity index (χ3n) is 2.08. The summed E-state index contributed by atoms with van der Waals surface area (Å²) in [6.07, 6.45) is 0. The molecule has 0 unspecified atom stereocenters. The Hall–Kier alpha value is -1.55. The zero-order chi connectivity index (χ0) is 9.97. The van der Waals surface area contributed by atoms with E-state index in [4.69, 9.17) is 10.5 Å². The monoisotopic (exact) mass is 191 g/mol. The van der Waals surface area contributed by atoms with E-state index in [0.717, 1.165) is 10.9 Å². The molecule has 0 aliphatic heterocycles. The molecule has 0 saturated carbocycles. The van der Waals surface area contributed by atoms with Crippen LogP contribution in [0.5, 0.6) is 5.88 Å². The summed E-state index contributed by atoms with van der Waals surface area (Å²) < 4.78 is 7.24. The summed E-state index contributed by atoms with van der Waals surface area (Å²) in [6, 6.07) is 7.96. The lowest BCUT2D eigenvalue weighted by molar-refractivity contribution is 0.315. The van der Waals surface area contributed by atoms with Gasteiger partial charge in [-0.25, -0.2) is 0 Å². The zero-order valence-electron chi connectivity index (χ0n) is 8.10. The van der Waals surface area contributed by atoms with Crippen LogP contribution in [0.4, 0.5) is 0 Å². The molecule has 1 aromatic heterocycles. The van der Waals surface area contributed by atoms with Gasteiger partial charge in [0.15, 0.2) is 0 Å². The number of para-hydroxylation sites is 1. The van der Waals surface area contributed by atoms with E-state index in [2.05, 4.69) is 5.10 Å². The fraction of sp³-hybridized carbons (Fsp3) is 0.300. The molecule has 2 N–H and O–H groups in total. The van der Waals surface area contributed by atoms with Gasteiger partial charge in [-0.1, -0.05) is 12.1 Å². The summed E-state index contributed by atoms with van der Waals surface area (Å²) in [6.45, 7) is 1.01. The van der Waals surface area contributed by atoms with E-state index in [-0.39, 0.29) is 0 Å². The molecule has 0 fully saturated rings. The van der Waals surface area contributed by atoms with Crippen molar-refractivity contribution >= 4 is 10.9 Å². The van der Waals surface area contributed by atoms with Gasteiger partial charge in [-0.15, -0.1) is 5.10 Å². The van der Waals surface area contributed by atoms with Gasteiger partial charge in [0.1, 0.15) is 6.61 Å². The summed E-state index contributed by atoms with van der Waals surface area (Å²) in [4.78, 5) is 0. The van der Waals surface area contributed by atoms with Crippen LogP contribution in [-0.4, -0.2) is 22.9 Å². The highest BCUT2D eigenvalue weighted by atomic mass is 16.5. The first-order valence-corrected chi connectivity index (χ1v) is 4.57. The molecule has 2 rings (SSSR count). The largest absolute Gasteiger partial charge is 0.475 e. The van der Waals surface area contributed by atoms with Crippen LogP contribution in [0, 0.1) is 0 Å². The maximum atomic E-state index is 5.43. The van der Waals surface area contributed by atoms with Gasteiger partial charge in [0, 0.05) is 13.6 Å². The summed E-state index contributed by atoms with van der Waals surface area (Å²) in [7, 11) is 1.90. The molecular weight excluding hydrogens is 178 g/mol. The van der Waals surface area contributed by atoms with E-state index >= 15 is 0 Å². The number of aryl methyl sites for hydroxylation is 1. The molecule has 0 aliphatic rings. The van der Waals surface area contributed by atoms with E-state index < -0.39 is 0 Å². The van der Waals surface area contributed by atoms with Gasteiger partial charge >= 0.3 is 0 Å². The Morgan fingerprint density at radius 2 is 2.21 bits per heavy atom. The first kappa shape index (κ1) is 9.02. The number of benzene rings is 1. The fourth-order valence-corrected chi connectivity index (χ4v) is 1.44. The van der Waals surface area contributed by atoms with Gasteiger partial charge < -0.3 is 10.5 Å². The number of aromatic nitrogens is 2. The number of nitrogens with zero attached hydrogens (tertiary/aromatic N) is 2. The molecule has 0 bridgehead atoms. The van der Waals surface area contributed by atoms with Crippen LogP contribution in [0.25, 0.3) is 10.9 Å². The van der Waals surface area contributed by atoms with Gasteiger partial charge in [-0.05, 0) is 12.1 Å². The number of ether oxygens (including phenoxy) is 1. The first-order valence-electron chi connectivity index (χ1n) is 4.57. The smallest absolute Gasteiger partial charge is 0.240 e. The Morgan fingerprint density at radius 3 is 3.00 bits per heavy atom. The van der Waals surface area contributed by atoms with Crippen molar-refractivity contribution in [3.05, 3.63) is 24.3 Å². The summed E-state index contributed by atoms with van der Waals surface area (Å²) in [5.74, 6) is 0.661. The fourth-order valence-electron chi connectivity index (χ4n) is 1.44. The van der Waals surface area contributed by atoms with Crippen molar-refractivity contribution in [3.8, 4) is 5.88 Å². The van der Waals surface area contributed by atoms with Crippen molar-refractivity contribution in [1.82, 2.24) is 9.78 Å². The Labute approximate surface area is 82.3 Å². The molecular formula is C10H13N3O. The molecule has 0 radical (unpaired) electrons.